The second-order valence-corrected chi connectivity index (χ2v) is 5.07. The zero-order valence-corrected chi connectivity index (χ0v) is 12.2. The van der Waals surface area contributed by atoms with Crippen molar-refractivity contribution in [3.05, 3.63) is 68.1 Å². The van der Waals surface area contributed by atoms with E-state index in [1.807, 2.05) is 0 Å². The molecule has 0 aliphatic rings. The number of amides is 1. The topological polar surface area (TPSA) is 53.2 Å². The molecule has 0 atom stereocenters. The summed E-state index contributed by atoms with van der Waals surface area (Å²) in [4.78, 5) is 27.7. The van der Waals surface area contributed by atoms with E-state index in [0.717, 1.165) is 5.56 Å². The molecule has 0 aliphatic carbocycles. The summed E-state index contributed by atoms with van der Waals surface area (Å²) in [5.41, 5.74) is 0.400. The monoisotopic (exact) mass is 310 g/mol. The van der Waals surface area contributed by atoms with Gasteiger partial charge in [-0.3, -0.25) is 9.59 Å². The van der Waals surface area contributed by atoms with Crippen molar-refractivity contribution in [2.24, 2.45) is 0 Å². The molecule has 1 aromatic heterocycles. The minimum Gasteiger partial charge on any atom is -0.337 e. The number of aromatic amines is 1. The van der Waals surface area contributed by atoms with E-state index in [1.54, 1.807) is 31.3 Å². The van der Waals surface area contributed by atoms with Gasteiger partial charge in [-0.2, -0.15) is 0 Å². The third-order valence-corrected chi connectivity index (χ3v) is 3.69. The lowest BCUT2D eigenvalue weighted by Gasteiger charge is -2.18. The van der Waals surface area contributed by atoms with Crippen LogP contribution in [0.15, 0.2) is 41.3 Å². The number of carbonyl (C=O) groups excluding carboxylic acids is 1. The highest BCUT2D eigenvalue weighted by Crippen LogP contribution is 2.26. The molecule has 20 heavy (non-hydrogen) atoms. The van der Waals surface area contributed by atoms with E-state index in [0.29, 0.717) is 10.0 Å². The predicted octanol–water partition coefficient (Wildman–Crippen LogP) is 2.95. The summed E-state index contributed by atoms with van der Waals surface area (Å²) in [5.74, 6) is -0.372. The van der Waals surface area contributed by atoms with E-state index >= 15 is 0 Å². The Labute approximate surface area is 125 Å². The molecule has 2 rings (SSSR count). The van der Waals surface area contributed by atoms with Crippen LogP contribution in [0.5, 0.6) is 0 Å². The average Bonchev–Trinajstić information content (AvgIpc) is 2.43. The predicted molar refractivity (Wildman–Crippen MR) is 79.3 cm³/mol. The van der Waals surface area contributed by atoms with Gasteiger partial charge < -0.3 is 9.88 Å². The van der Waals surface area contributed by atoms with E-state index < -0.39 is 5.56 Å². The number of carbonyl (C=O) groups is 1. The Morgan fingerprint density at radius 2 is 2.00 bits per heavy atom. The number of rotatable bonds is 3. The van der Waals surface area contributed by atoms with Gasteiger partial charge in [0.1, 0.15) is 5.56 Å². The van der Waals surface area contributed by atoms with Gasteiger partial charge in [0.05, 0.1) is 10.0 Å². The number of benzene rings is 1. The van der Waals surface area contributed by atoms with Gasteiger partial charge in [0.15, 0.2) is 0 Å². The first-order chi connectivity index (χ1) is 9.50. The maximum absolute atomic E-state index is 12.2. The van der Waals surface area contributed by atoms with Gasteiger partial charge in [0.2, 0.25) is 0 Å². The minimum atomic E-state index is -0.415. The van der Waals surface area contributed by atoms with E-state index in [1.165, 1.54) is 17.2 Å². The van der Waals surface area contributed by atoms with Gasteiger partial charge in [-0.15, -0.1) is 0 Å². The summed E-state index contributed by atoms with van der Waals surface area (Å²) in [5, 5.41) is 0.846. The average molecular weight is 311 g/mol. The first-order valence-corrected chi connectivity index (χ1v) is 6.62. The zero-order chi connectivity index (χ0) is 14.7. The van der Waals surface area contributed by atoms with Crippen LogP contribution in [0.3, 0.4) is 0 Å². The van der Waals surface area contributed by atoms with Crippen molar-refractivity contribution in [3.8, 4) is 0 Å². The summed E-state index contributed by atoms with van der Waals surface area (Å²) >= 11 is 12.0. The molecule has 104 valence electrons. The lowest BCUT2D eigenvalue weighted by molar-refractivity contribution is 0.0783. The first-order valence-electron chi connectivity index (χ1n) is 5.86. The molecule has 0 aliphatic heterocycles. The number of nitrogens with one attached hydrogen (secondary N) is 1. The van der Waals surface area contributed by atoms with Crippen molar-refractivity contribution in [3.63, 3.8) is 0 Å². The number of pyridine rings is 1. The Morgan fingerprint density at radius 3 is 2.70 bits per heavy atom. The molecule has 1 aromatic carbocycles. The van der Waals surface area contributed by atoms with E-state index in [4.69, 9.17) is 23.2 Å². The molecule has 0 fully saturated rings. The van der Waals surface area contributed by atoms with Gasteiger partial charge >= 0.3 is 0 Å². The smallest absolute Gasteiger partial charge is 0.260 e. The maximum atomic E-state index is 12.2. The molecule has 1 amide bonds. The van der Waals surface area contributed by atoms with Crippen LogP contribution in [-0.2, 0) is 6.54 Å². The second kappa shape index (κ2) is 6.11. The van der Waals surface area contributed by atoms with Crippen molar-refractivity contribution < 1.29 is 4.79 Å². The lowest BCUT2D eigenvalue weighted by atomic mass is 10.2. The summed E-state index contributed by atoms with van der Waals surface area (Å²) in [6, 6.07) is 8.31. The van der Waals surface area contributed by atoms with Gasteiger partial charge in [-0.1, -0.05) is 35.3 Å². The number of hydrogen-bond donors (Lipinski definition) is 1. The molecule has 6 heteroatoms. The zero-order valence-electron chi connectivity index (χ0n) is 10.7. The van der Waals surface area contributed by atoms with Crippen molar-refractivity contribution >= 4 is 29.1 Å². The molecule has 1 N–H and O–H groups in total. The Bertz CT molecular complexity index is 698. The van der Waals surface area contributed by atoms with Crippen LogP contribution in [0, 0.1) is 0 Å². The van der Waals surface area contributed by atoms with Gasteiger partial charge in [0, 0.05) is 19.8 Å². The highest BCUT2D eigenvalue weighted by molar-refractivity contribution is 6.42. The molecule has 0 radical (unpaired) electrons. The van der Waals surface area contributed by atoms with Gasteiger partial charge in [-0.25, -0.2) is 0 Å². The molecule has 4 nitrogen and oxygen atoms in total. The molecular formula is C14H12Cl2N2O2. The fraction of sp³-hybridized carbons (Fsp3) is 0.143. The molecule has 1 heterocycles. The molecule has 2 aromatic rings. The minimum absolute atomic E-state index is 0.0909. The molecular weight excluding hydrogens is 299 g/mol. The van der Waals surface area contributed by atoms with Crippen LogP contribution < -0.4 is 5.56 Å². The van der Waals surface area contributed by atoms with Crippen LogP contribution in [0.2, 0.25) is 10.0 Å². The van der Waals surface area contributed by atoms with Crippen LogP contribution >= 0.6 is 23.2 Å². The van der Waals surface area contributed by atoms with E-state index in [9.17, 15) is 9.59 Å². The van der Waals surface area contributed by atoms with Crippen LogP contribution in [0.25, 0.3) is 0 Å². The van der Waals surface area contributed by atoms with Crippen LogP contribution in [-0.4, -0.2) is 22.8 Å². The Balaban J connectivity index is 2.22. The van der Waals surface area contributed by atoms with Crippen LogP contribution in [0.1, 0.15) is 15.9 Å². The summed E-state index contributed by atoms with van der Waals surface area (Å²) in [6.07, 6.45) is 1.48. The highest BCUT2D eigenvalue weighted by Gasteiger charge is 2.16. The standard InChI is InChI=1S/C14H12Cl2N2O2/c1-18(8-9-4-2-6-11(15)12(9)16)14(20)10-5-3-7-17-13(10)19/h2-7H,8H2,1H3,(H,17,19). The molecule has 0 saturated heterocycles. The normalized spacial score (nSPS) is 10.3. The number of aromatic nitrogens is 1. The van der Waals surface area contributed by atoms with E-state index in [-0.39, 0.29) is 18.0 Å². The van der Waals surface area contributed by atoms with Crippen molar-refractivity contribution in [2.45, 2.75) is 6.54 Å². The first kappa shape index (κ1) is 14.6. The molecule has 0 saturated carbocycles. The number of halogens is 2. The van der Waals surface area contributed by atoms with Crippen LogP contribution in [0.4, 0.5) is 0 Å². The number of H-pyrrole nitrogens is 1. The molecule has 0 unspecified atom stereocenters. The molecule has 0 spiro atoms. The molecule has 0 bridgehead atoms. The number of hydrogen-bond acceptors (Lipinski definition) is 2. The van der Waals surface area contributed by atoms with Gasteiger partial charge in [0.25, 0.3) is 11.5 Å². The van der Waals surface area contributed by atoms with Crippen molar-refractivity contribution in [2.75, 3.05) is 7.05 Å². The number of nitrogens with zero attached hydrogens (tertiary/aromatic N) is 1. The Kier molecular flexibility index (Phi) is 4.47. The third kappa shape index (κ3) is 3.03. The fourth-order valence-corrected chi connectivity index (χ4v) is 2.17. The summed E-state index contributed by atoms with van der Waals surface area (Å²) < 4.78 is 0. The Morgan fingerprint density at radius 1 is 1.25 bits per heavy atom. The lowest BCUT2D eigenvalue weighted by Crippen LogP contribution is -2.31. The maximum Gasteiger partial charge on any atom is 0.260 e. The SMILES string of the molecule is CN(Cc1cccc(Cl)c1Cl)C(=O)c1ccc[nH]c1=O. The van der Waals surface area contributed by atoms with E-state index in [2.05, 4.69) is 4.98 Å². The Hall–Kier alpha value is -1.78. The summed E-state index contributed by atoms with van der Waals surface area (Å²) in [6.45, 7) is 0.270. The third-order valence-electron chi connectivity index (χ3n) is 2.83. The second-order valence-electron chi connectivity index (χ2n) is 4.29. The highest BCUT2D eigenvalue weighted by atomic mass is 35.5. The largest absolute Gasteiger partial charge is 0.337 e. The quantitative estimate of drug-likeness (QED) is 0.947. The fourth-order valence-electron chi connectivity index (χ4n) is 1.79. The van der Waals surface area contributed by atoms with Gasteiger partial charge in [-0.05, 0) is 23.8 Å². The van der Waals surface area contributed by atoms with Crippen molar-refractivity contribution in [1.29, 1.82) is 0 Å². The summed E-state index contributed by atoms with van der Waals surface area (Å²) in [7, 11) is 1.60. The van der Waals surface area contributed by atoms with Crippen molar-refractivity contribution in [1.82, 2.24) is 9.88 Å².